The molecule has 1 aliphatic carbocycles. The molecule has 1 aliphatic rings. The van der Waals surface area contributed by atoms with Crippen LogP contribution in [0.2, 0.25) is 0 Å². The van der Waals surface area contributed by atoms with E-state index in [-0.39, 0.29) is 24.0 Å². The van der Waals surface area contributed by atoms with Crippen LogP contribution in [0, 0.1) is 12.8 Å². The molecule has 0 atom stereocenters. The zero-order valence-electron chi connectivity index (χ0n) is 13.5. The zero-order valence-corrected chi connectivity index (χ0v) is 15.8. The molecule has 7 heteroatoms. The topological polar surface area (TPSA) is 67.1 Å². The molecule has 2 aromatic rings. The first kappa shape index (κ1) is 17.7. The Bertz CT molecular complexity index is 645. The Morgan fingerprint density at radius 2 is 2.13 bits per heavy atom. The summed E-state index contributed by atoms with van der Waals surface area (Å²) >= 11 is 0. The minimum absolute atomic E-state index is 0. The van der Waals surface area contributed by atoms with Crippen molar-refractivity contribution in [2.24, 2.45) is 10.9 Å². The Morgan fingerprint density at radius 3 is 2.70 bits per heavy atom. The number of halogens is 1. The third kappa shape index (κ3) is 4.92. The molecule has 3 rings (SSSR count). The van der Waals surface area contributed by atoms with E-state index in [0.717, 1.165) is 35.6 Å². The Hall–Kier alpha value is -1.64. The Kier molecular flexibility index (Phi) is 6.37. The third-order valence-corrected chi connectivity index (χ3v) is 3.82. The first-order valence-electron chi connectivity index (χ1n) is 7.66. The highest BCUT2D eigenvalue weighted by Crippen LogP contribution is 2.27. The maximum atomic E-state index is 4.49. The molecule has 2 heterocycles. The van der Waals surface area contributed by atoms with E-state index in [1.165, 1.54) is 12.8 Å². The van der Waals surface area contributed by atoms with Gasteiger partial charge in [0, 0.05) is 38.7 Å². The molecule has 0 unspecified atom stereocenters. The van der Waals surface area contributed by atoms with Crippen molar-refractivity contribution in [1.82, 2.24) is 25.2 Å². The molecule has 1 saturated carbocycles. The maximum Gasteiger partial charge on any atom is 0.191 e. The molecule has 23 heavy (non-hydrogen) atoms. The van der Waals surface area contributed by atoms with E-state index < -0.39 is 0 Å². The molecular formula is C16H23IN6. The lowest BCUT2D eigenvalue weighted by Gasteiger charge is -2.11. The summed E-state index contributed by atoms with van der Waals surface area (Å²) < 4.78 is 1.97. The van der Waals surface area contributed by atoms with Gasteiger partial charge in [-0.15, -0.1) is 24.0 Å². The van der Waals surface area contributed by atoms with Gasteiger partial charge in [-0.2, -0.15) is 0 Å². The Labute approximate surface area is 153 Å². The average Bonchev–Trinajstić information content (AvgIpc) is 3.28. The molecule has 1 fully saturated rings. The van der Waals surface area contributed by atoms with E-state index in [2.05, 4.69) is 31.7 Å². The van der Waals surface area contributed by atoms with Crippen molar-refractivity contribution < 1.29 is 0 Å². The second-order valence-electron chi connectivity index (χ2n) is 5.62. The van der Waals surface area contributed by atoms with Gasteiger partial charge in [-0.1, -0.05) is 6.07 Å². The molecule has 124 valence electrons. The lowest BCUT2D eigenvalue weighted by atomic mass is 10.3. The van der Waals surface area contributed by atoms with Gasteiger partial charge < -0.3 is 10.6 Å². The number of nitrogens with zero attached hydrogens (tertiary/aromatic N) is 4. The standard InChI is InChI=1S/C16H22N6.HI/c1-12-18-7-8-22(12)15-6-5-14(10-19-15)11-21-16(17-2)20-9-13-3-4-13;/h5-8,10,13H,3-4,9,11H2,1-2H3,(H2,17,20,21);1H. The molecule has 0 bridgehead atoms. The Balaban J connectivity index is 0.00000192. The quantitative estimate of drug-likeness (QED) is 0.438. The molecule has 0 amide bonds. The van der Waals surface area contributed by atoms with Crippen molar-refractivity contribution in [3.05, 3.63) is 42.1 Å². The molecule has 0 radical (unpaired) electrons. The minimum Gasteiger partial charge on any atom is -0.356 e. The number of imidazole rings is 1. The molecule has 2 aromatic heterocycles. The van der Waals surface area contributed by atoms with Crippen LogP contribution in [0.1, 0.15) is 24.2 Å². The van der Waals surface area contributed by atoms with Crippen molar-refractivity contribution in [1.29, 1.82) is 0 Å². The average molecular weight is 426 g/mol. The molecule has 0 saturated heterocycles. The summed E-state index contributed by atoms with van der Waals surface area (Å²) in [6.45, 7) is 3.68. The summed E-state index contributed by atoms with van der Waals surface area (Å²) in [6.07, 6.45) is 8.25. The first-order chi connectivity index (χ1) is 10.8. The van der Waals surface area contributed by atoms with Gasteiger partial charge in [0.2, 0.25) is 0 Å². The van der Waals surface area contributed by atoms with E-state index in [1.54, 1.807) is 13.2 Å². The monoisotopic (exact) mass is 426 g/mol. The van der Waals surface area contributed by atoms with Gasteiger partial charge in [0.15, 0.2) is 5.96 Å². The number of pyridine rings is 1. The van der Waals surface area contributed by atoms with Gasteiger partial charge in [0.05, 0.1) is 0 Å². The van der Waals surface area contributed by atoms with Crippen LogP contribution in [0.4, 0.5) is 0 Å². The van der Waals surface area contributed by atoms with Gasteiger partial charge in [0.1, 0.15) is 11.6 Å². The largest absolute Gasteiger partial charge is 0.356 e. The number of hydrogen-bond donors (Lipinski definition) is 2. The number of aliphatic imine (C=N–C) groups is 1. The fourth-order valence-corrected chi connectivity index (χ4v) is 2.25. The highest BCUT2D eigenvalue weighted by molar-refractivity contribution is 14.0. The summed E-state index contributed by atoms with van der Waals surface area (Å²) in [5.74, 6) is 3.50. The SMILES string of the molecule is CN=C(NCc1ccc(-n2ccnc2C)nc1)NCC1CC1.I. The van der Waals surface area contributed by atoms with Crippen LogP contribution in [-0.4, -0.2) is 34.1 Å². The van der Waals surface area contributed by atoms with Gasteiger partial charge in [-0.3, -0.25) is 9.56 Å². The number of guanidine groups is 1. The minimum atomic E-state index is 0. The van der Waals surface area contributed by atoms with Crippen LogP contribution in [0.5, 0.6) is 0 Å². The zero-order chi connectivity index (χ0) is 15.4. The molecule has 0 aliphatic heterocycles. The van der Waals surface area contributed by atoms with Crippen LogP contribution in [-0.2, 0) is 6.54 Å². The molecule has 6 nitrogen and oxygen atoms in total. The number of aryl methyl sites for hydroxylation is 1. The molecule has 2 N–H and O–H groups in total. The predicted molar refractivity (Wildman–Crippen MR) is 102 cm³/mol. The van der Waals surface area contributed by atoms with E-state index in [9.17, 15) is 0 Å². The molecule has 0 spiro atoms. The van der Waals surface area contributed by atoms with Crippen molar-refractivity contribution in [3.63, 3.8) is 0 Å². The first-order valence-corrected chi connectivity index (χ1v) is 7.66. The summed E-state index contributed by atoms with van der Waals surface area (Å²) in [7, 11) is 1.80. The fraction of sp³-hybridized carbons (Fsp3) is 0.438. The summed E-state index contributed by atoms with van der Waals surface area (Å²) in [5.41, 5.74) is 1.12. The lowest BCUT2D eigenvalue weighted by Crippen LogP contribution is -2.37. The van der Waals surface area contributed by atoms with E-state index in [4.69, 9.17) is 0 Å². The molecular weight excluding hydrogens is 403 g/mol. The smallest absolute Gasteiger partial charge is 0.191 e. The Morgan fingerprint density at radius 1 is 1.30 bits per heavy atom. The van der Waals surface area contributed by atoms with Gasteiger partial charge in [-0.25, -0.2) is 9.97 Å². The van der Waals surface area contributed by atoms with Gasteiger partial charge >= 0.3 is 0 Å². The molecule has 0 aromatic carbocycles. The maximum absolute atomic E-state index is 4.49. The lowest BCUT2D eigenvalue weighted by molar-refractivity contribution is 0.736. The van der Waals surface area contributed by atoms with Crippen molar-refractivity contribution in [2.75, 3.05) is 13.6 Å². The van der Waals surface area contributed by atoms with E-state index in [1.807, 2.05) is 30.0 Å². The second kappa shape index (κ2) is 8.28. The van der Waals surface area contributed by atoms with E-state index in [0.29, 0.717) is 6.54 Å². The van der Waals surface area contributed by atoms with Crippen molar-refractivity contribution in [2.45, 2.75) is 26.3 Å². The van der Waals surface area contributed by atoms with Crippen LogP contribution < -0.4 is 10.6 Å². The third-order valence-electron chi connectivity index (χ3n) is 3.82. The number of rotatable bonds is 5. The number of nitrogens with one attached hydrogen (secondary N) is 2. The van der Waals surface area contributed by atoms with Crippen molar-refractivity contribution in [3.8, 4) is 5.82 Å². The van der Waals surface area contributed by atoms with Crippen LogP contribution in [0.25, 0.3) is 5.82 Å². The predicted octanol–water partition coefficient (Wildman–Crippen LogP) is 2.27. The normalized spacial score (nSPS) is 14.3. The fourth-order valence-electron chi connectivity index (χ4n) is 2.25. The number of aromatic nitrogens is 3. The van der Waals surface area contributed by atoms with E-state index >= 15 is 0 Å². The van der Waals surface area contributed by atoms with Crippen LogP contribution in [0.3, 0.4) is 0 Å². The van der Waals surface area contributed by atoms with Gasteiger partial charge in [-0.05, 0) is 37.3 Å². The van der Waals surface area contributed by atoms with Crippen LogP contribution in [0.15, 0.2) is 35.7 Å². The number of hydrogen-bond acceptors (Lipinski definition) is 3. The summed E-state index contributed by atoms with van der Waals surface area (Å²) in [4.78, 5) is 12.9. The summed E-state index contributed by atoms with van der Waals surface area (Å²) in [6, 6.07) is 4.08. The highest BCUT2D eigenvalue weighted by Gasteiger charge is 2.20. The van der Waals surface area contributed by atoms with Gasteiger partial charge in [0.25, 0.3) is 0 Å². The van der Waals surface area contributed by atoms with Crippen LogP contribution >= 0.6 is 24.0 Å². The van der Waals surface area contributed by atoms with Crippen molar-refractivity contribution >= 4 is 29.9 Å². The second-order valence-corrected chi connectivity index (χ2v) is 5.62. The summed E-state index contributed by atoms with van der Waals surface area (Å²) in [5, 5.41) is 6.66. The highest BCUT2D eigenvalue weighted by atomic mass is 127.